The number of nitrogens with one attached hydrogen (secondary N) is 1. The van der Waals surface area contributed by atoms with Crippen LogP contribution in [0.4, 0.5) is 0 Å². The van der Waals surface area contributed by atoms with E-state index >= 15 is 0 Å². The van der Waals surface area contributed by atoms with Gasteiger partial charge in [0.15, 0.2) is 5.96 Å². The Morgan fingerprint density at radius 2 is 1.82 bits per heavy atom. The Morgan fingerprint density at radius 1 is 1.55 bits per heavy atom. The molecule has 0 aromatic rings. The summed E-state index contributed by atoms with van der Waals surface area (Å²) in [7, 11) is -3.67. The van der Waals surface area contributed by atoms with Gasteiger partial charge in [0.25, 0.3) is 0 Å². The fraction of sp³-hybridized carbons (Fsp3) is 0.750. The molecule has 0 amide bonds. The van der Waals surface area contributed by atoms with Crippen LogP contribution in [0.1, 0.15) is 13.3 Å². The molecule has 7 N–H and O–H groups in total. The fourth-order valence-electron chi connectivity index (χ4n) is 0.291. The summed E-state index contributed by atoms with van der Waals surface area (Å²) in [5.74, 6) is -0.333. The van der Waals surface area contributed by atoms with Gasteiger partial charge in [-0.1, -0.05) is 6.92 Å². The molecule has 0 aromatic heterocycles. The van der Waals surface area contributed by atoms with E-state index in [0.29, 0.717) is 6.42 Å². The number of nitrogens with two attached hydrogens (primary N) is 2. The SMILES string of the molecule is CCCP(=O)(O)O.N=C(N)N. The first-order valence-corrected chi connectivity index (χ1v) is 4.73. The average Bonchev–Trinajstić information content (AvgIpc) is 1.58. The van der Waals surface area contributed by atoms with E-state index in [1.165, 1.54) is 0 Å². The molecule has 0 aromatic carbocycles. The standard InChI is InChI=1S/C3H9O3P.CH5N3/c1-2-3-7(4,5)6;2-1(3)4/h2-3H2,1H3,(H2,4,5,6);(H5,2,3,4). The molecular weight excluding hydrogens is 169 g/mol. The largest absolute Gasteiger partial charge is 0.370 e. The van der Waals surface area contributed by atoms with Crippen LogP contribution in [0.5, 0.6) is 0 Å². The van der Waals surface area contributed by atoms with Crippen LogP contribution in [0.3, 0.4) is 0 Å². The first kappa shape index (κ1) is 13.0. The lowest BCUT2D eigenvalue weighted by molar-refractivity contribution is 0.372. The molecule has 0 atom stereocenters. The average molecular weight is 183 g/mol. The fourth-order valence-corrected chi connectivity index (χ4v) is 0.874. The summed E-state index contributed by atoms with van der Waals surface area (Å²) >= 11 is 0. The van der Waals surface area contributed by atoms with Crippen molar-refractivity contribution in [2.45, 2.75) is 13.3 Å². The lowest BCUT2D eigenvalue weighted by Gasteiger charge is -1.96. The highest BCUT2D eigenvalue weighted by atomic mass is 31.2. The third-order valence-corrected chi connectivity index (χ3v) is 1.54. The Bertz CT molecular complexity index is 151. The Kier molecular flexibility index (Phi) is 7.29. The Hall–Kier alpha value is -0.580. The van der Waals surface area contributed by atoms with Crippen molar-refractivity contribution in [3.8, 4) is 0 Å². The summed E-state index contributed by atoms with van der Waals surface area (Å²) < 4.78 is 9.93. The molecule has 0 aliphatic heterocycles. The van der Waals surface area contributed by atoms with Crippen LogP contribution in [0, 0.1) is 5.41 Å². The summed E-state index contributed by atoms with van der Waals surface area (Å²) in [6, 6.07) is 0. The van der Waals surface area contributed by atoms with E-state index in [9.17, 15) is 4.57 Å². The second-order valence-electron chi connectivity index (χ2n) is 1.84. The maximum Gasteiger partial charge on any atom is 0.325 e. The first-order chi connectivity index (χ1) is 4.79. The van der Waals surface area contributed by atoms with Crippen LogP contribution in [0.2, 0.25) is 0 Å². The van der Waals surface area contributed by atoms with Crippen LogP contribution < -0.4 is 11.5 Å². The van der Waals surface area contributed by atoms with Crippen LogP contribution in [-0.2, 0) is 4.57 Å². The van der Waals surface area contributed by atoms with E-state index in [-0.39, 0.29) is 12.1 Å². The molecule has 0 spiro atoms. The van der Waals surface area contributed by atoms with E-state index < -0.39 is 7.60 Å². The van der Waals surface area contributed by atoms with Crippen molar-refractivity contribution in [2.24, 2.45) is 11.5 Å². The number of guanidine groups is 1. The van der Waals surface area contributed by atoms with Crippen molar-refractivity contribution in [1.29, 1.82) is 5.41 Å². The molecule has 7 heteroatoms. The highest BCUT2D eigenvalue weighted by Gasteiger charge is 2.08. The summed E-state index contributed by atoms with van der Waals surface area (Å²) in [6.45, 7) is 1.74. The van der Waals surface area contributed by atoms with Gasteiger partial charge in [-0.2, -0.15) is 0 Å². The second kappa shape index (κ2) is 6.15. The molecule has 0 fully saturated rings. The third kappa shape index (κ3) is 44.3. The van der Waals surface area contributed by atoms with Gasteiger partial charge in [-0.3, -0.25) is 9.97 Å². The van der Waals surface area contributed by atoms with Gasteiger partial charge in [0.2, 0.25) is 0 Å². The summed E-state index contributed by atoms with van der Waals surface area (Å²) in [5, 5.41) is 6.06. The van der Waals surface area contributed by atoms with Crippen molar-refractivity contribution in [2.75, 3.05) is 6.16 Å². The van der Waals surface area contributed by atoms with E-state index in [2.05, 4.69) is 11.5 Å². The molecule has 6 nitrogen and oxygen atoms in total. The minimum atomic E-state index is -3.67. The molecule has 0 saturated heterocycles. The van der Waals surface area contributed by atoms with Crippen LogP contribution >= 0.6 is 7.60 Å². The van der Waals surface area contributed by atoms with E-state index in [1.807, 2.05) is 0 Å². The molecule has 0 saturated carbocycles. The van der Waals surface area contributed by atoms with Gasteiger partial charge < -0.3 is 21.3 Å². The van der Waals surface area contributed by atoms with Crippen molar-refractivity contribution >= 4 is 13.6 Å². The second-order valence-corrected chi connectivity index (χ2v) is 3.62. The van der Waals surface area contributed by atoms with Gasteiger partial charge in [-0.25, -0.2) is 0 Å². The van der Waals surface area contributed by atoms with Gasteiger partial charge in [-0.15, -0.1) is 0 Å². The van der Waals surface area contributed by atoms with Crippen LogP contribution in [0.25, 0.3) is 0 Å². The molecule has 0 radical (unpaired) electrons. The molecule has 68 valence electrons. The quantitative estimate of drug-likeness (QED) is 0.221. The van der Waals surface area contributed by atoms with Crippen molar-refractivity contribution in [1.82, 2.24) is 0 Å². The highest BCUT2D eigenvalue weighted by Crippen LogP contribution is 2.34. The van der Waals surface area contributed by atoms with Crippen molar-refractivity contribution in [3.05, 3.63) is 0 Å². The number of hydrogen-bond donors (Lipinski definition) is 5. The Labute approximate surface area is 65.3 Å². The predicted molar refractivity (Wildman–Crippen MR) is 43.3 cm³/mol. The molecule has 0 aliphatic rings. The van der Waals surface area contributed by atoms with Gasteiger partial charge in [-0.05, 0) is 6.42 Å². The Morgan fingerprint density at radius 3 is 1.82 bits per heavy atom. The monoisotopic (exact) mass is 183 g/mol. The summed E-state index contributed by atoms with van der Waals surface area (Å²) in [5.41, 5.74) is 8.94. The van der Waals surface area contributed by atoms with Crippen molar-refractivity contribution < 1.29 is 14.4 Å². The minimum Gasteiger partial charge on any atom is -0.370 e. The molecular formula is C4H14N3O3P. The van der Waals surface area contributed by atoms with Gasteiger partial charge >= 0.3 is 7.60 Å². The lowest BCUT2D eigenvalue weighted by atomic mass is 10.6. The molecule has 11 heavy (non-hydrogen) atoms. The topological polar surface area (TPSA) is 133 Å². The van der Waals surface area contributed by atoms with Crippen LogP contribution in [-0.4, -0.2) is 21.9 Å². The molecule has 0 bridgehead atoms. The zero-order valence-corrected chi connectivity index (χ0v) is 7.21. The molecule has 0 unspecified atom stereocenters. The zero-order chi connectivity index (χ0) is 9.49. The maximum atomic E-state index is 9.93. The first-order valence-electron chi connectivity index (χ1n) is 2.93. The van der Waals surface area contributed by atoms with E-state index in [0.717, 1.165) is 0 Å². The molecule has 0 heterocycles. The molecule has 0 rings (SSSR count). The predicted octanol–water partition coefficient (Wildman–Crippen LogP) is -0.587. The lowest BCUT2D eigenvalue weighted by Crippen LogP contribution is -2.20. The third-order valence-electron chi connectivity index (χ3n) is 0.515. The number of rotatable bonds is 2. The van der Waals surface area contributed by atoms with E-state index in [4.69, 9.17) is 15.2 Å². The van der Waals surface area contributed by atoms with Gasteiger partial charge in [0.1, 0.15) is 0 Å². The van der Waals surface area contributed by atoms with Crippen molar-refractivity contribution in [3.63, 3.8) is 0 Å². The van der Waals surface area contributed by atoms with Gasteiger partial charge in [0.05, 0.1) is 0 Å². The summed E-state index contributed by atoms with van der Waals surface area (Å²) in [4.78, 5) is 16.3. The number of hydrogen-bond acceptors (Lipinski definition) is 2. The van der Waals surface area contributed by atoms with Crippen LogP contribution in [0.15, 0.2) is 0 Å². The molecule has 0 aliphatic carbocycles. The minimum absolute atomic E-state index is 0.00694. The van der Waals surface area contributed by atoms with Gasteiger partial charge in [0, 0.05) is 6.16 Å². The maximum absolute atomic E-state index is 9.93. The Balaban J connectivity index is 0. The zero-order valence-electron chi connectivity index (χ0n) is 6.32. The van der Waals surface area contributed by atoms with E-state index in [1.54, 1.807) is 6.92 Å². The summed E-state index contributed by atoms with van der Waals surface area (Å²) in [6.07, 6.45) is 0.553. The normalized spacial score (nSPS) is 9.73. The smallest absolute Gasteiger partial charge is 0.325 e. The highest BCUT2D eigenvalue weighted by molar-refractivity contribution is 7.51.